The van der Waals surface area contributed by atoms with Crippen LogP contribution in [0.3, 0.4) is 0 Å². The summed E-state index contributed by atoms with van der Waals surface area (Å²) in [5.41, 5.74) is -2.88. The minimum Gasteiger partial charge on any atom is -0.359 e. The molecule has 1 N–H and O–H groups in total. The molecule has 2 aromatic rings. The zero-order valence-electron chi connectivity index (χ0n) is 11.6. The summed E-state index contributed by atoms with van der Waals surface area (Å²) in [6, 6.07) is 11.5. The molecule has 3 rings (SSSR count). The molecule has 0 aliphatic carbocycles. The third-order valence-electron chi connectivity index (χ3n) is 3.62. The fourth-order valence-corrected chi connectivity index (χ4v) is 2.59. The van der Waals surface area contributed by atoms with Gasteiger partial charge in [-0.2, -0.15) is 5.06 Å². The Bertz CT molecular complexity index is 762. The Morgan fingerprint density at radius 1 is 1.09 bits per heavy atom. The number of hydroxylamine groups is 2. The maximum Gasteiger partial charge on any atom is 0.281 e. The average molecular weight is 301 g/mol. The molecule has 112 valence electrons. The van der Waals surface area contributed by atoms with Gasteiger partial charge in [-0.1, -0.05) is 36.4 Å². The molecule has 1 unspecified atom stereocenters. The number of rotatable bonds is 2. The number of fused-ring (bicyclic) bond motifs is 1. The van der Waals surface area contributed by atoms with Crippen LogP contribution in [0.15, 0.2) is 48.5 Å². The van der Waals surface area contributed by atoms with Crippen LogP contribution in [-0.2, 0) is 10.6 Å². The van der Waals surface area contributed by atoms with E-state index in [1.807, 2.05) is 0 Å². The molecule has 1 amide bonds. The van der Waals surface area contributed by atoms with Crippen molar-refractivity contribution in [1.82, 2.24) is 5.06 Å². The minimum atomic E-state index is -2.41. The second kappa shape index (κ2) is 5.01. The number of benzene rings is 2. The van der Waals surface area contributed by atoms with Crippen molar-refractivity contribution in [1.29, 1.82) is 0 Å². The predicted octanol–water partition coefficient (Wildman–Crippen LogP) is 1.87. The number of Topliss-reactive ketones (excluding diaryl/α,β-unsaturated/α-hetero) is 1. The summed E-state index contributed by atoms with van der Waals surface area (Å²) in [6.45, 7) is 0. The molecule has 0 saturated carbocycles. The smallest absolute Gasteiger partial charge is 0.281 e. The van der Waals surface area contributed by atoms with Crippen LogP contribution in [0.1, 0.15) is 26.3 Å². The monoisotopic (exact) mass is 301 g/mol. The predicted molar refractivity (Wildman–Crippen MR) is 74.2 cm³/mol. The fraction of sp³-hybridized carbons (Fsp3) is 0.125. The van der Waals surface area contributed by atoms with E-state index >= 15 is 0 Å². The minimum absolute atomic E-state index is 0.115. The maximum absolute atomic E-state index is 14.0. The van der Waals surface area contributed by atoms with Gasteiger partial charge in [0.15, 0.2) is 0 Å². The standard InChI is InChI=1S/C16H12FNO4/c1-22-18-15(20)11-8-5-9-12(17)13(11)14(19)16(18,21)10-6-3-2-4-7-10/h2-9,21H,1H3. The number of hydrogen-bond donors (Lipinski definition) is 1. The molecule has 1 heterocycles. The van der Waals surface area contributed by atoms with Gasteiger partial charge in [0.25, 0.3) is 11.6 Å². The number of amides is 1. The number of nitrogens with zero attached hydrogens (tertiary/aromatic N) is 1. The summed E-state index contributed by atoms with van der Waals surface area (Å²) in [6.07, 6.45) is 0. The normalized spacial score (nSPS) is 21.0. The molecule has 1 atom stereocenters. The van der Waals surface area contributed by atoms with Crippen LogP contribution in [0, 0.1) is 5.82 Å². The highest BCUT2D eigenvalue weighted by Crippen LogP contribution is 2.37. The van der Waals surface area contributed by atoms with Crippen LogP contribution in [-0.4, -0.2) is 29.0 Å². The molecule has 0 bridgehead atoms. The highest BCUT2D eigenvalue weighted by atomic mass is 19.1. The number of halogens is 1. The lowest BCUT2D eigenvalue weighted by atomic mass is 9.86. The van der Waals surface area contributed by atoms with E-state index in [4.69, 9.17) is 4.84 Å². The topological polar surface area (TPSA) is 66.8 Å². The van der Waals surface area contributed by atoms with E-state index in [2.05, 4.69) is 0 Å². The molecule has 22 heavy (non-hydrogen) atoms. The van der Waals surface area contributed by atoms with E-state index in [0.29, 0.717) is 5.06 Å². The number of aliphatic hydroxyl groups is 1. The second-order valence-electron chi connectivity index (χ2n) is 4.81. The second-order valence-corrected chi connectivity index (χ2v) is 4.81. The summed E-state index contributed by atoms with van der Waals surface area (Å²) < 4.78 is 14.0. The van der Waals surface area contributed by atoms with Gasteiger partial charge in [-0.15, -0.1) is 0 Å². The maximum atomic E-state index is 14.0. The molecule has 6 heteroatoms. The largest absolute Gasteiger partial charge is 0.359 e. The molecule has 0 radical (unpaired) electrons. The van der Waals surface area contributed by atoms with E-state index < -0.39 is 28.8 Å². The Morgan fingerprint density at radius 3 is 2.41 bits per heavy atom. The molecule has 0 fully saturated rings. The summed E-state index contributed by atoms with van der Waals surface area (Å²) in [5, 5.41) is 11.4. The first kappa shape index (κ1) is 14.4. The lowest BCUT2D eigenvalue weighted by Gasteiger charge is -2.40. The van der Waals surface area contributed by atoms with Gasteiger partial charge in [0.2, 0.25) is 5.78 Å². The van der Waals surface area contributed by atoms with Crippen molar-refractivity contribution in [3.63, 3.8) is 0 Å². The quantitative estimate of drug-likeness (QED) is 0.919. The molecule has 0 saturated heterocycles. The first-order valence-corrected chi connectivity index (χ1v) is 6.51. The first-order chi connectivity index (χ1) is 10.5. The van der Waals surface area contributed by atoms with Gasteiger partial charge in [0.1, 0.15) is 5.82 Å². The van der Waals surface area contributed by atoms with Crippen molar-refractivity contribution in [2.24, 2.45) is 0 Å². The molecule has 5 nitrogen and oxygen atoms in total. The van der Waals surface area contributed by atoms with Crippen LogP contribution >= 0.6 is 0 Å². The zero-order valence-corrected chi connectivity index (χ0v) is 11.6. The SMILES string of the molecule is CON1C(=O)c2cccc(F)c2C(=O)C1(O)c1ccccc1. The van der Waals surface area contributed by atoms with E-state index in [-0.39, 0.29) is 11.1 Å². The third-order valence-corrected chi connectivity index (χ3v) is 3.62. The van der Waals surface area contributed by atoms with Gasteiger partial charge in [0, 0.05) is 5.56 Å². The lowest BCUT2D eigenvalue weighted by molar-refractivity contribution is -0.227. The molecule has 1 aliphatic heterocycles. The van der Waals surface area contributed by atoms with Crippen molar-refractivity contribution >= 4 is 11.7 Å². The van der Waals surface area contributed by atoms with Crippen molar-refractivity contribution in [2.45, 2.75) is 5.72 Å². The highest BCUT2D eigenvalue weighted by Gasteiger charge is 2.54. The number of carbonyl (C=O) groups is 2. The van der Waals surface area contributed by atoms with Crippen molar-refractivity contribution in [2.75, 3.05) is 7.11 Å². The van der Waals surface area contributed by atoms with Crippen molar-refractivity contribution in [3.05, 3.63) is 71.0 Å². The van der Waals surface area contributed by atoms with Crippen LogP contribution in [0.4, 0.5) is 4.39 Å². The van der Waals surface area contributed by atoms with Crippen LogP contribution < -0.4 is 0 Å². The van der Waals surface area contributed by atoms with Crippen LogP contribution in [0.2, 0.25) is 0 Å². The molecule has 0 aromatic heterocycles. The molecular weight excluding hydrogens is 289 g/mol. The number of carbonyl (C=O) groups excluding carboxylic acids is 2. The molecule has 1 aliphatic rings. The summed E-state index contributed by atoms with van der Waals surface area (Å²) in [4.78, 5) is 30.1. The highest BCUT2D eigenvalue weighted by molar-refractivity contribution is 6.16. The van der Waals surface area contributed by atoms with E-state index in [1.54, 1.807) is 18.2 Å². The third kappa shape index (κ3) is 1.78. The Labute approximate surface area is 125 Å². The van der Waals surface area contributed by atoms with Gasteiger partial charge in [-0.05, 0) is 12.1 Å². The van der Waals surface area contributed by atoms with Crippen molar-refractivity contribution in [3.8, 4) is 0 Å². The van der Waals surface area contributed by atoms with E-state index in [1.165, 1.54) is 24.3 Å². The van der Waals surface area contributed by atoms with Crippen LogP contribution in [0.5, 0.6) is 0 Å². The Morgan fingerprint density at radius 2 is 1.77 bits per heavy atom. The van der Waals surface area contributed by atoms with Gasteiger partial charge in [-0.25, -0.2) is 4.39 Å². The number of hydrogen-bond acceptors (Lipinski definition) is 4. The Kier molecular flexibility index (Phi) is 3.27. The van der Waals surface area contributed by atoms with Gasteiger partial charge in [0.05, 0.1) is 18.2 Å². The van der Waals surface area contributed by atoms with Gasteiger partial charge >= 0.3 is 0 Å². The first-order valence-electron chi connectivity index (χ1n) is 6.51. The zero-order chi connectivity index (χ0) is 15.9. The summed E-state index contributed by atoms with van der Waals surface area (Å²) in [5.74, 6) is -2.60. The number of ketones is 1. The summed E-state index contributed by atoms with van der Waals surface area (Å²) in [7, 11) is 1.16. The molecule has 2 aromatic carbocycles. The van der Waals surface area contributed by atoms with E-state index in [9.17, 15) is 19.1 Å². The Balaban J connectivity index is 2.30. The Hall–Kier alpha value is -2.57. The van der Waals surface area contributed by atoms with E-state index in [0.717, 1.165) is 13.2 Å². The van der Waals surface area contributed by atoms with Crippen LogP contribution in [0.25, 0.3) is 0 Å². The fourth-order valence-electron chi connectivity index (χ4n) is 2.59. The molecule has 0 spiro atoms. The summed E-state index contributed by atoms with van der Waals surface area (Å²) >= 11 is 0. The lowest BCUT2D eigenvalue weighted by Crippen LogP contribution is -2.58. The van der Waals surface area contributed by atoms with Gasteiger partial charge in [-0.3, -0.25) is 14.4 Å². The molecular formula is C16H12FNO4. The van der Waals surface area contributed by atoms with Gasteiger partial charge < -0.3 is 5.11 Å². The average Bonchev–Trinajstić information content (AvgIpc) is 2.54. The van der Waals surface area contributed by atoms with Crippen molar-refractivity contribution < 1.29 is 23.9 Å².